The molecule has 1 aliphatic heterocycles. The molecule has 0 radical (unpaired) electrons. The fraction of sp³-hybridized carbons (Fsp3) is 0.278. The van der Waals surface area contributed by atoms with E-state index in [-0.39, 0.29) is 12.3 Å². The molecule has 0 saturated carbocycles. The Morgan fingerprint density at radius 1 is 1.21 bits per heavy atom. The third kappa shape index (κ3) is 4.83. The first-order valence-corrected chi connectivity index (χ1v) is 9.39. The summed E-state index contributed by atoms with van der Waals surface area (Å²) in [6, 6.07) is 13.1. The number of hydrogen-bond donors (Lipinski definition) is 1. The van der Waals surface area contributed by atoms with E-state index >= 15 is 0 Å². The number of alkyl halides is 2. The van der Waals surface area contributed by atoms with Crippen molar-refractivity contribution in [1.29, 1.82) is 0 Å². The Balaban J connectivity index is 1.86. The molecule has 10 heteroatoms. The van der Waals surface area contributed by atoms with Crippen LogP contribution in [0, 0.1) is 17.0 Å². The van der Waals surface area contributed by atoms with Crippen LogP contribution in [-0.2, 0) is 14.1 Å². The van der Waals surface area contributed by atoms with Gasteiger partial charge < -0.3 is 14.6 Å². The number of hydrogen-bond acceptors (Lipinski definition) is 5. The van der Waals surface area contributed by atoms with Gasteiger partial charge in [-0.1, -0.05) is 53.0 Å². The summed E-state index contributed by atoms with van der Waals surface area (Å²) in [5.41, 5.74) is 2.56. The number of halogens is 2. The number of carbonyl (C=O) groups excluding carboxylic acids is 1. The minimum atomic E-state index is -1.23. The Bertz CT molecular complexity index is 848. The lowest BCUT2D eigenvalue weighted by molar-refractivity contribution is -0.384. The Hall–Kier alpha value is -2.13. The van der Waals surface area contributed by atoms with Crippen molar-refractivity contribution in [2.45, 2.75) is 23.9 Å². The predicted octanol–water partition coefficient (Wildman–Crippen LogP) is 2.68. The van der Waals surface area contributed by atoms with Crippen molar-refractivity contribution in [3.63, 3.8) is 0 Å². The second kappa shape index (κ2) is 8.92. The van der Waals surface area contributed by atoms with Gasteiger partial charge in [0, 0.05) is 12.1 Å². The zero-order chi connectivity index (χ0) is 20.3. The largest absolute Gasteiger partial charge is 0.494 e. The van der Waals surface area contributed by atoms with Crippen molar-refractivity contribution >= 4 is 47.4 Å². The number of non-ortho nitro benzene ring substituents is 1. The fourth-order valence-corrected chi connectivity index (χ4v) is 3.03. The highest BCUT2D eigenvalue weighted by molar-refractivity contribution is 6.61. The summed E-state index contributed by atoms with van der Waals surface area (Å²) in [6.45, 7) is 2.14. The highest BCUT2D eigenvalue weighted by Crippen LogP contribution is 2.28. The summed E-state index contributed by atoms with van der Waals surface area (Å²) in [6.07, 6.45) is -0.600. The average Bonchev–Trinajstić information content (AvgIpc) is 2.69. The van der Waals surface area contributed by atoms with Crippen molar-refractivity contribution in [3.8, 4) is 0 Å². The normalized spacial score (nSPS) is 19.5. The third-order valence-corrected chi connectivity index (χ3v) is 4.77. The van der Waals surface area contributed by atoms with Crippen LogP contribution in [0.4, 0.5) is 5.69 Å². The molecule has 2 atom stereocenters. The molecule has 1 fully saturated rings. The Morgan fingerprint density at radius 3 is 2.43 bits per heavy atom. The smallest absolute Gasteiger partial charge is 0.405 e. The standard InChI is InChI=1S/C18H17BCl2N2O5/c1-11-2-6-13(7-3-11)19-27-10-15(22-18(24)17(20)21)16(28-19)12-4-8-14(9-5-12)23(25)26/h2-9,15-17H,10H2,1H3,(H,22,24)/t15-,16-/m1/s1. The molecule has 2 aromatic rings. The van der Waals surface area contributed by atoms with Crippen LogP contribution in [0.15, 0.2) is 48.5 Å². The molecule has 146 valence electrons. The lowest BCUT2D eigenvalue weighted by Gasteiger charge is -2.36. The molecule has 0 spiro atoms. The average molecular weight is 423 g/mol. The molecular formula is C18H17BCl2N2O5. The topological polar surface area (TPSA) is 90.7 Å². The number of rotatable bonds is 5. The summed E-state index contributed by atoms with van der Waals surface area (Å²) in [5.74, 6) is -0.568. The maximum atomic E-state index is 11.9. The second-order valence-corrected chi connectivity index (χ2v) is 7.49. The van der Waals surface area contributed by atoms with E-state index in [1.807, 2.05) is 31.2 Å². The zero-order valence-electron chi connectivity index (χ0n) is 14.9. The van der Waals surface area contributed by atoms with Crippen LogP contribution in [0.2, 0.25) is 0 Å². The monoisotopic (exact) mass is 422 g/mol. The van der Waals surface area contributed by atoms with Gasteiger partial charge in [-0.2, -0.15) is 0 Å². The molecule has 28 heavy (non-hydrogen) atoms. The second-order valence-electron chi connectivity index (χ2n) is 6.40. The number of nitro groups is 1. The fourth-order valence-electron chi connectivity index (χ4n) is 2.90. The third-order valence-electron chi connectivity index (χ3n) is 4.37. The Morgan fingerprint density at radius 2 is 1.86 bits per heavy atom. The highest BCUT2D eigenvalue weighted by atomic mass is 35.5. The molecule has 0 aromatic heterocycles. The molecule has 0 unspecified atom stereocenters. The number of nitrogens with one attached hydrogen (secondary N) is 1. The van der Waals surface area contributed by atoms with E-state index < -0.39 is 34.9 Å². The minimum Gasteiger partial charge on any atom is -0.405 e. The van der Waals surface area contributed by atoms with Gasteiger partial charge >= 0.3 is 7.12 Å². The molecule has 1 aliphatic rings. The van der Waals surface area contributed by atoms with Crippen LogP contribution in [0.3, 0.4) is 0 Å². The molecule has 1 saturated heterocycles. The van der Waals surface area contributed by atoms with Gasteiger partial charge in [-0.05, 0) is 30.1 Å². The number of nitrogens with zero attached hydrogens (tertiary/aromatic N) is 1. The van der Waals surface area contributed by atoms with Crippen molar-refractivity contribution < 1.29 is 19.0 Å². The highest BCUT2D eigenvalue weighted by Gasteiger charge is 2.38. The van der Waals surface area contributed by atoms with Crippen molar-refractivity contribution in [3.05, 3.63) is 69.8 Å². The summed E-state index contributed by atoms with van der Waals surface area (Å²) in [5, 5.41) is 13.6. The van der Waals surface area contributed by atoms with Crippen LogP contribution in [0.5, 0.6) is 0 Å². The molecular weight excluding hydrogens is 406 g/mol. The molecule has 1 heterocycles. The van der Waals surface area contributed by atoms with Gasteiger partial charge in [-0.15, -0.1) is 0 Å². The summed E-state index contributed by atoms with van der Waals surface area (Å²) < 4.78 is 11.9. The van der Waals surface area contributed by atoms with Gasteiger partial charge in [0.05, 0.1) is 23.7 Å². The van der Waals surface area contributed by atoms with Crippen molar-refractivity contribution in [2.75, 3.05) is 6.61 Å². The van der Waals surface area contributed by atoms with Gasteiger partial charge in [0.2, 0.25) is 0 Å². The van der Waals surface area contributed by atoms with E-state index in [9.17, 15) is 14.9 Å². The van der Waals surface area contributed by atoms with Gasteiger partial charge in [0.25, 0.3) is 11.6 Å². The molecule has 2 aromatic carbocycles. The Kier molecular flexibility index (Phi) is 6.56. The lowest BCUT2D eigenvalue weighted by atomic mass is 9.76. The first-order chi connectivity index (χ1) is 13.3. The maximum absolute atomic E-state index is 11.9. The molecule has 3 rings (SSSR count). The summed E-state index contributed by atoms with van der Waals surface area (Å²) >= 11 is 11.3. The van der Waals surface area contributed by atoms with Gasteiger partial charge in [-0.3, -0.25) is 14.9 Å². The molecule has 1 amide bonds. The van der Waals surface area contributed by atoms with Crippen LogP contribution in [0.1, 0.15) is 17.2 Å². The first kappa shape index (κ1) is 20.6. The van der Waals surface area contributed by atoms with Gasteiger partial charge in [-0.25, -0.2) is 0 Å². The van der Waals surface area contributed by atoms with Gasteiger partial charge in [0.1, 0.15) is 0 Å². The minimum absolute atomic E-state index is 0.0342. The SMILES string of the molecule is Cc1ccc(B2OC[C@@H](NC(=O)C(Cl)Cl)[C@@H](c3ccc([N+](=O)[O-])cc3)O2)cc1. The molecule has 1 N–H and O–H groups in total. The van der Waals surface area contributed by atoms with E-state index in [2.05, 4.69) is 5.32 Å². The number of benzene rings is 2. The molecule has 0 bridgehead atoms. The van der Waals surface area contributed by atoms with E-state index in [1.165, 1.54) is 12.1 Å². The summed E-state index contributed by atoms with van der Waals surface area (Å²) in [7, 11) is -0.642. The van der Waals surface area contributed by atoms with Crippen molar-refractivity contribution in [1.82, 2.24) is 5.32 Å². The number of nitro benzene ring substituents is 1. The van der Waals surface area contributed by atoms with Crippen molar-refractivity contribution in [2.24, 2.45) is 0 Å². The Labute approximate surface area is 172 Å². The molecule has 7 nitrogen and oxygen atoms in total. The van der Waals surface area contributed by atoms with E-state index in [4.69, 9.17) is 32.5 Å². The number of aryl methyl sites for hydroxylation is 1. The maximum Gasteiger partial charge on any atom is 0.494 e. The summed E-state index contributed by atoms with van der Waals surface area (Å²) in [4.78, 5) is 21.1. The van der Waals surface area contributed by atoms with E-state index in [1.54, 1.807) is 12.1 Å². The first-order valence-electron chi connectivity index (χ1n) is 8.51. The van der Waals surface area contributed by atoms with Gasteiger partial charge in [0.15, 0.2) is 4.84 Å². The quantitative estimate of drug-likeness (QED) is 0.346. The molecule has 0 aliphatic carbocycles. The van der Waals surface area contributed by atoms with Crippen LogP contribution in [0.25, 0.3) is 0 Å². The van der Waals surface area contributed by atoms with Crippen LogP contribution < -0.4 is 10.8 Å². The van der Waals surface area contributed by atoms with E-state index in [0.29, 0.717) is 5.56 Å². The van der Waals surface area contributed by atoms with E-state index in [0.717, 1.165) is 11.0 Å². The number of amides is 1. The predicted molar refractivity (Wildman–Crippen MR) is 107 cm³/mol. The van der Waals surface area contributed by atoms with Crippen LogP contribution in [-0.4, -0.2) is 35.4 Å². The number of carbonyl (C=O) groups is 1. The van der Waals surface area contributed by atoms with Crippen LogP contribution >= 0.6 is 23.2 Å². The zero-order valence-corrected chi connectivity index (χ0v) is 16.4. The lowest BCUT2D eigenvalue weighted by Crippen LogP contribution is -2.54.